The maximum absolute atomic E-state index is 12.2. The number of nitrogens with one attached hydrogen (secondary N) is 1. The summed E-state index contributed by atoms with van der Waals surface area (Å²) in [6.45, 7) is 1.45. The zero-order chi connectivity index (χ0) is 21.4. The van der Waals surface area contributed by atoms with Crippen LogP contribution < -0.4 is 19.5 Å². The molecule has 1 atom stereocenters. The average molecular weight is 421 g/mol. The van der Waals surface area contributed by atoms with Crippen LogP contribution in [0.15, 0.2) is 36.5 Å². The van der Waals surface area contributed by atoms with Crippen molar-refractivity contribution in [3.63, 3.8) is 0 Å². The summed E-state index contributed by atoms with van der Waals surface area (Å²) in [4.78, 5) is 28.1. The lowest BCUT2D eigenvalue weighted by atomic mass is 10.1. The van der Waals surface area contributed by atoms with Crippen LogP contribution in [0.3, 0.4) is 0 Å². The number of esters is 1. The van der Waals surface area contributed by atoms with Crippen molar-refractivity contribution in [1.29, 1.82) is 0 Å². The van der Waals surface area contributed by atoms with Gasteiger partial charge in [-0.1, -0.05) is 11.6 Å². The highest BCUT2D eigenvalue weighted by molar-refractivity contribution is 6.32. The number of ether oxygens (including phenoxy) is 4. The minimum absolute atomic E-state index is 0.139. The number of hydrogen-bond donors (Lipinski definition) is 1. The first-order valence-corrected chi connectivity index (χ1v) is 8.87. The SMILES string of the molecule is COc1cc(OC)c(OC)cc1/C=C/C(=O)O[C@H](C)C(=O)Nc1cccnc1Cl. The van der Waals surface area contributed by atoms with E-state index in [1.54, 1.807) is 24.3 Å². The Morgan fingerprint density at radius 3 is 2.38 bits per heavy atom. The number of halogens is 1. The number of amides is 1. The lowest BCUT2D eigenvalue weighted by Crippen LogP contribution is -2.29. The third kappa shape index (κ3) is 5.86. The van der Waals surface area contributed by atoms with Crippen molar-refractivity contribution in [2.75, 3.05) is 26.6 Å². The molecule has 1 N–H and O–H groups in total. The molecule has 1 aromatic carbocycles. The largest absolute Gasteiger partial charge is 0.496 e. The van der Waals surface area contributed by atoms with Gasteiger partial charge in [0.2, 0.25) is 0 Å². The first kappa shape index (κ1) is 22.0. The van der Waals surface area contributed by atoms with Crippen molar-refractivity contribution < 1.29 is 28.5 Å². The molecule has 9 heteroatoms. The normalized spacial score (nSPS) is 11.6. The topological polar surface area (TPSA) is 96.0 Å². The van der Waals surface area contributed by atoms with Crippen LogP contribution in [0.25, 0.3) is 6.08 Å². The molecular weight excluding hydrogens is 400 g/mol. The van der Waals surface area contributed by atoms with Gasteiger partial charge in [-0.2, -0.15) is 0 Å². The number of nitrogens with zero attached hydrogens (tertiary/aromatic N) is 1. The average Bonchev–Trinajstić information content (AvgIpc) is 2.72. The summed E-state index contributed by atoms with van der Waals surface area (Å²) in [5, 5.41) is 2.69. The Hall–Kier alpha value is -3.26. The van der Waals surface area contributed by atoms with Crippen LogP contribution in [-0.2, 0) is 14.3 Å². The number of methoxy groups -OCH3 is 3. The van der Waals surface area contributed by atoms with Gasteiger partial charge >= 0.3 is 5.97 Å². The van der Waals surface area contributed by atoms with Crippen molar-refractivity contribution in [2.45, 2.75) is 13.0 Å². The summed E-state index contributed by atoms with van der Waals surface area (Å²) in [7, 11) is 4.50. The highest BCUT2D eigenvalue weighted by Gasteiger charge is 2.18. The Balaban J connectivity index is 2.05. The molecule has 0 unspecified atom stereocenters. The second kappa shape index (κ2) is 10.3. The summed E-state index contributed by atoms with van der Waals surface area (Å²) in [6, 6.07) is 6.50. The molecule has 0 fully saturated rings. The number of aromatic nitrogens is 1. The van der Waals surface area contributed by atoms with Crippen molar-refractivity contribution in [3.8, 4) is 17.2 Å². The fraction of sp³-hybridized carbons (Fsp3) is 0.250. The van der Waals surface area contributed by atoms with E-state index in [2.05, 4.69) is 10.3 Å². The summed E-state index contributed by atoms with van der Waals surface area (Å²) < 4.78 is 20.9. The Kier molecular flexibility index (Phi) is 7.85. The summed E-state index contributed by atoms with van der Waals surface area (Å²) in [5.74, 6) is 0.196. The van der Waals surface area contributed by atoms with Crippen LogP contribution in [0.5, 0.6) is 17.2 Å². The second-order valence-corrected chi connectivity index (χ2v) is 6.05. The monoisotopic (exact) mass is 420 g/mol. The van der Waals surface area contributed by atoms with E-state index in [1.165, 1.54) is 46.6 Å². The molecule has 0 aliphatic heterocycles. The molecule has 2 aromatic rings. The molecular formula is C20H21ClN2O6. The lowest BCUT2D eigenvalue weighted by Gasteiger charge is -2.13. The van der Waals surface area contributed by atoms with Gasteiger partial charge < -0.3 is 24.3 Å². The van der Waals surface area contributed by atoms with E-state index in [0.29, 0.717) is 28.5 Å². The Labute approximate surface area is 173 Å². The van der Waals surface area contributed by atoms with Gasteiger partial charge in [0, 0.05) is 23.9 Å². The van der Waals surface area contributed by atoms with Crippen molar-refractivity contribution in [3.05, 3.63) is 47.3 Å². The van der Waals surface area contributed by atoms with E-state index in [-0.39, 0.29) is 5.15 Å². The van der Waals surface area contributed by atoms with Crippen LogP contribution in [0, 0.1) is 0 Å². The Bertz CT molecular complexity index is 916. The molecule has 0 radical (unpaired) electrons. The number of benzene rings is 1. The molecule has 0 aliphatic carbocycles. The van der Waals surface area contributed by atoms with E-state index in [9.17, 15) is 9.59 Å². The van der Waals surface area contributed by atoms with Crippen LogP contribution in [0.1, 0.15) is 12.5 Å². The van der Waals surface area contributed by atoms with Crippen LogP contribution in [-0.4, -0.2) is 44.3 Å². The van der Waals surface area contributed by atoms with E-state index >= 15 is 0 Å². The van der Waals surface area contributed by atoms with Gasteiger partial charge in [-0.3, -0.25) is 4.79 Å². The minimum Gasteiger partial charge on any atom is -0.496 e. The minimum atomic E-state index is -1.05. The number of hydrogen-bond acceptors (Lipinski definition) is 7. The Morgan fingerprint density at radius 1 is 1.10 bits per heavy atom. The first-order chi connectivity index (χ1) is 13.9. The molecule has 2 rings (SSSR count). The van der Waals surface area contributed by atoms with Gasteiger partial charge in [-0.05, 0) is 31.2 Å². The molecule has 29 heavy (non-hydrogen) atoms. The molecule has 1 aromatic heterocycles. The third-order valence-corrected chi connectivity index (χ3v) is 4.12. The van der Waals surface area contributed by atoms with Gasteiger partial charge in [0.05, 0.1) is 27.0 Å². The van der Waals surface area contributed by atoms with E-state index in [1.807, 2.05) is 0 Å². The second-order valence-electron chi connectivity index (χ2n) is 5.69. The lowest BCUT2D eigenvalue weighted by molar-refractivity contribution is -0.148. The summed E-state index contributed by atoms with van der Waals surface area (Å²) >= 11 is 5.90. The van der Waals surface area contributed by atoms with E-state index < -0.39 is 18.0 Å². The Morgan fingerprint density at radius 2 is 1.76 bits per heavy atom. The van der Waals surface area contributed by atoms with E-state index in [0.717, 1.165) is 0 Å². The molecule has 0 saturated carbocycles. The summed E-state index contributed by atoms with van der Waals surface area (Å²) in [5.41, 5.74) is 0.897. The molecule has 154 valence electrons. The maximum Gasteiger partial charge on any atom is 0.331 e. The number of carbonyl (C=O) groups excluding carboxylic acids is 2. The van der Waals surface area contributed by atoms with Crippen molar-refractivity contribution >= 4 is 35.2 Å². The zero-order valence-corrected chi connectivity index (χ0v) is 17.1. The molecule has 0 aliphatic rings. The highest BCUT2D eigenvalue weighted by Crippen LogP contribution is 2.35. The van der Waals surface area contributed by atoms with Gasteiger partial charge in [0.1, 0.15) is 5.75 Å². The fourth-order valence-electron chi connectivity index (χ4n) is 2.32. The van der Waals surface area contributed by atoms with Gasteiger partial charge in [-0.15, -0.1) is 0 Å². The predicted octanol–water partition coefficient (Wildman–Crippen LogP) is 3.34. The number of carbonyl (C=O) groups is 2. The van der Waals surface area contributed by atoms with Gasteiger partial charge in [0.25, 0.3) is 5.91 Å². The van der Waals surface area contributed by atoms with Gasteiger partial charge in [0.15, 0.2) is 22.8 Å². The molecule has 0 saturated heterocycles. The highest BCUT2D eigenvalue weighted by atomic mass is 35.5. The maximum atomic E-state index is 12.2. The molecule has 0 bridgehead atoms. The molecule has 1 heterocycles. The summed E-state index contributed by atoms with van der Waals surface area (Å²) in [6.07, 6.45) is 3.13. The smallest absolute Gasteiger partial charge is 0.331 e. The quantitative estimate of drug-likeness (QED) is 0.397. The molecule has 1 amide bonds. The van der Waals surface area contributed by atoms with Crippen molar-refractivity contribution in [1.82, 2.24) is 4.98 Å². The third-order valence-electron chi connectivity index (χ3n) is 3.81. The number of anilines is 1. The predicted molar refractivity (Wildman–Crippen MR) is 109 cm³/mol. The van der Waals surface area contributed by atoms with Crippen LogP contribution in [0.4, 0.5) is 5.69 Å². The first-order valence-electron chi connectivity index (χ1n) is 8.49. The number of rotatable bonds is 8. The standard InChI is InChI=1S/C20H21ClN2O6/c1-12(20(25)23-14-6-5-9-22-19(14)21)29-18(24)8-7-13-10-16(27-3)17(28-4)11-15(13)26-2/h5-12H,1-4H3,(H,23,25)/b8-7+/t12-/m1/s1. The zero-order valence-electron chi connectivity index (χ0n) is 16.4. The van der Waals surface area contributed by atoms with E-state index in [4.69, 9.17) is 30.5 Å². The fourth-order valence-corrected chi connectivity index (χ4v) is 2.49. The molecule has 8 nitrogen and oxygen atoms in total. The van der Waals surface area contributed by atoms with Crippen LogP contribution in [0.2, 0.25) is 5.15 Å². The number of pyridine rings is 1. The van der Waals surface area contributed by atoms with Crippen LogP contribution >= 0.6 is 11.6 Å². The van der Waals surface area contributed by atoms with Gasteiger partial charge in [-0.25, -0.2) is 9.78 Å². The molecule has 0 spiro atoms. The van der Waals surface area contributed by atoms with Crippen molar-refractivity contribution in [2.24, 2.45) is 0 Å².